The van der Waals surface area contributed by atoms with Crippen LogP contribution in [0.2, 0.25) is 0 Å². The molecule has 0 saturated carbocycles. The highest BCUT2D eigenvalue weighted by atomic mass is 16.6. The van der Waals surface area contributed by atoms with Crippen molar-refractivity contribution in [3.8, 4) is 34.5 Å². The summed E-state index contributed by atoms with van der Waals surface area (Å²) in [6.45, 7) is 63.3. The van der Waals surface area contributed by atoms with Crippen molar-refractivity contribution in [3.63, 3.8) is 0 Å². The summed E-state index contributed by atoms with van der Waals surface area (Å²) in [5.41, 5.74) is 8.71. The summed E-state index contributed by atoms with van der Waals surface area (Å²) in [4.78, 5) is 78.5. The maximum Gasteiger partial charge on any atom is 0.333 e. The molecule has 7 rings (SSSR count). The number of fused-ring (bicyclic) bond motifs is 12. The molecule has 6 unspecified atom stereocenters. The molecular formula is C108H144O24. The first kappa shape index (κ1) is 108. The van der Waals surface area contributed by atoms with E-state index >= 15 is 0 Å². The molecule has 6 aromatic carbocycles. The molecule has 0 heterocycles. The maximum absolute atomic E-state index is 13.1. The zero-order valence-corrected chi connectivity index (χ0v) is 82.4. The fourth-order valence-electron chi connectivity index (χ4n) is 14.2. The minimum atomic E-state index is -1.42. The molecule has 0 aromatic heterocycles. The monoisotopic (exact) mass is 1830 g/mol. The van der Waals surface area contributed by atoms with Crippen molar-refractivity contribution in [3.05, 3.63) is 246 Å². The van der Waals surface area contributed by atoms with E-state index in [1.807, 2.05) is 72.8 Å². The van der Waals surface area contributed by atoms with E-state index in [1.54, 1.807) is 0 Å². The SMILES string of the molecule is C=C(C)C(=O)OCC(O)COc1c2cc(C(C)(C)C)cc1Cc1cc(C(C)(C)C)cc(c1OCC(O)COC(=O)C(=C)C)Cc1cc(C(C)(C)C)cc(c1OCC(O)COC(=O)C(=C)C)Cc1cc(C(C)(C)C)cc(c1OCC(O)COC(=O)C(=C)C)Cc1cc(C(C)(C)C)cc(c1OCC(O)COC(=O)C(=C)C)Cc1cc(C(C)(C)C)cc(c1OCC(O)COC(=O)C(=C)C)C2. The number of ether oxygens (including phenoxy) is 12. The molecular weight excluding hydrogens is 1680 g/mol. The molecule has 0 amide bonds. The van der Waals surface area contributed by atoms with Crippen LogP contribution < -0.4 is 28.4 Å². The number of esters is 6. The Labute approximate surface area is 781 Å². The number of carbonyl (C=O) groups is 6. The average Bonchev–Trinajstić information content (AvgIpc) is 0.763. The zero-order chi connectivity index (χ0) is 98.9. The van der Waals surface area contributed by atoms with E-state index in [2.05, 4.69) is 164 Å². The fraction of sp³-hybridized carbons (Fsp3) is 0.500. The third-order valence-corrected chi connectivity index (χ3v) is 22.0. The van der Waals surface area contributed by atoms with Gasteiger partial charge in [-0.25, -0.2) is 28.8 Å². The highest BCUT2D eigenvalue weighted by Crippen LogP contribution is 2.47. The second-order valence-corrected chi connectivity index (χ2v) is 41.4. The van der Waals surface area contributed by atoms with Crippen LogP contribution >= 0.6 is 0 Å². The van der Waals surface area contributed by atoms with Gasteiger partial charge in [0.1, 0.15) is 150 Å². The molecule has 24 nitrogen and oxygen atoms in total. The van der Waals surface area contributed by atoms with Crippen LogP contribution in [0.5, 0.6) is 34.5 Å². The molecule has 6 aromatic rings. The van der Waals surface area contributed by atoms with Crippen LogP contribution in [0.25, 0.3) is 0 Å². The summed E-state index contributed by atoms with van der Waals surface area (Å²) in [6.07, 6.45) is -8.52. The lowest BCUT2D eigenvalue weighted by Gasteiger charge is -2.30. The Bertz CT molecular complexity index is 4270. The van der Waals surface area contributed by atoms with Crippen molar-refractivity contribution in [2.45, 2.75) is 274 Å². The topological polar surface area (TPSA) is 335 Å². The fourth-order valence-corrected chi connectivity index (χ4v) is 14.2. The van der Waals surface area contributed by atoms with Crippen molar-refractivity contribution in [2.24, 2.45) is 0 Å². The number of hydrogen-bond acceptors (Lipinski definition) is 24. The van der Waals surface area contributed by atoms with Crippen molar-refractivity contribution in [1.82, 2.24) is 0 Å². The maximum atomic E-state index is 13.1. The number of rotatable bonds is 36. The largest absolute Gasteiger partial charge is 0.490 e. The Hall–Kier alpha value is -10.9. The number of aliphatic hydroxyl groups is 6. The predicted molar refractivity (Wildman–Crippen MR) is 511 cm³/mol. The highest BCUT2D eigenvalue weighted by Gasteiger charge is 2.35. The Morgan fingerprint density at radius 2 is 0.318 bits per heavy atom. The first-order valence-electron chi connectivity index (χ1n) is 44.9. The van der Waals surface area contributed by atoms with Crippen molar-refractivity contribution in [1.29, 1.82) is 0 Å². The van der Waals surface area contributed by atoms with Crippen molar-refractivity contribution in [2.75, 3.05) is 79.3 Å². The molecule has 0 aliphatic heterocycles. The van der Waals surface area contributed by atoms with Gasteiger partial charge in [0.05, 0.1) is 0 Å². The van der Waals surface area contributed by atoms with E-state index in [4.69, 9.17) is 56.8 Å². The molecule has 0 fully saturated rings. The molecule has 720 valence electrons. The molecule has 0 saturated heterocycles. The van der Waals surface area contributed by atoms with Gasteiger partial charge in [0, 0.05) is 72.0 Å². The van der Waals surface area contributed by atoms with Gasteiger partial charge in [-0.1, -0.05) is 237 Å². The van der Waals surface area contributed by atoms with Gasteiger partial charge in [0.2, 0.25) is 0 Å². The number of benzene rings is 6. The summed E-state index contributed by atoms with van der Waals surface area (Å²) in [5.74, 6) is -2.62. The molecule has 6 N–H and O–H groups in total. The van der Waals surface area contributed by atoms with E-state index in [9.17, 15) is 59.4 Å². The lowest BCUT2D eigenvalue weighted by atomic mass is 9.79. The van der Waals surface area contributed by atoms with Crippen LogP contribution in [0, 0.1) is 0 Å². The molecule has 0 spiro atoms. The average molecular weight is 1830 g/mol. The van der Waals surface area contributed by atoms with E-state index in [1.165, 1.54) is 41.5 Å². The van der Waals surface area contributed by atoms with Gasteiger partial charge in [0.15, 0.2) is 0 Å². The molecule has 12 bridgehead atoms. The van der Waals surface area contributed by atoms with Crippen molar-refractivity contribution >= 4 is 35.8 Å². The van der Waals surface area contributed by atoms with Gasteiger partial charge in [-0.3, -0.25) is 0 Å². The van der Waals surface area contributed by atoms with E-state index < -0.39 is 184 Å². The highest BCUT2D eigenvalue weighted by molar-refractivity contribution is 5.89. The van der Waals surface area contributed by atoms with Crippen LogP contribution in [0.15, 0.2) is 146 Å². The molecule has 0 radical (unpaired) electrons. The standard InChI is InChI=1S/C108H144O24/c1-61(2)97(115)127-55-85(109)49-121-91-67-31-69-39-80(104(16,17)18)41-71(92(69)122-50-86(110)56-128-98(116)62(3)4)33-73-43-82(106(22,23)24)45-75(94(73)124-52-88(112)58-130-100(118)64(7)8)35-77-47-84(108(28,29)30)48-78(96(77)126-54-90(114)60-132-102(120)66(11)12)36-76-46-83(107(25,26)27)44-74(95(76)125-53-89(113)59-131-101(119)65(9)10)34-72-42-81(105(19,20)21)40-70(32-68(91)38-79(37-67)103(13,14)15)93(72)123-51-87(111)57-129-99(117)63(5)6/h37-48,85-90,109-114H,1,3,5,7,9,11,31-36,49-60H2,2,4,6,8,10,12-30H3. The lowest BCUT2D eigenvalue weighted by Crippen LogP contribution is -2.27. The molecule has 6 atom stereocenters. The summed E-state index contributed by atoms with van der Waals surface area (Å²) in [6, 6.07) is 24.5. The Morgan fingerprint density at radius 3 is 0.402 bits per heavy atom. The van der Waals surface area contributed by atoms with Crippen LogP contribution in [0.4, 0.5) is 0 Å². The van der Waals surface area contributed by atoms with E-state index in [-0.39, 0.29) is 72.0 Å². The Balaban J connectivity index is 1.83. The lowest BCUT2D eigenvalue weighted by molar-refractivity contribution is -0.143. The third kappa shape index (κ3) is 31.7. The van der Waals surface area contributed by atoms with E-state index in [0.29, 0.717) is 101 Å². The summed E-state index contributed by atoms with van der Waals surface area (Å²) in [5, 5.41) is 72.4. The summed E-state index contributed by atoms with van der Waals surface area (Å²) >= 11 is 0. The number of hydrogen-bond donors (Lipinski definition) is 6. The van der Waals surface area contributed by atoms with Gasteiger partial charge in [-0.05, 0) is 174 Å². The molecule has 24 heteroatoms. The van der Waals surface area contributed by atoms with Gasteiger partial charge in [-0.15, -0.1) is 0 Å². The minimum absolute atomic E-state index is 0.00202. The van der Waals surface area contributed by atoms with E-state index in [0.717, 1.165) is 33.4 Å². The summed E-state index contributed by atoms with van der Waals surface area (Å²) < 4.78 is 76.3. The zero-order valence-electron chi connectivity index (χ0n) is 82.4. The van der Waals surface area contributed by atoms with Crippen LogP contribution in [-0.2, 0) is 128 Å². The molecule has 132 heavy (non-hydrogen) atoms. The Kier molecular flexibility index (Phi) is 37.5. The Morgan fingerprint density at radius 1 is 0.220 bits per heavy atom. The van der Waals surface area contributed by atoms with Crippen LogP contribution in [-0.4, -0.2) is 182 Å². The molecule has 1 aliphatic rings. The second-order valence-electron chi connectivity index (χ2n) is 41.4. The number of carbonyl (C=O) groups excluding carboxylic acids is 6. The second kappa shape index (κ2) is 45.7. The quantitative estimate of drug-likeness (QED) is 0.0121. The van der Waals surface area contributed by atoms with Gasteiger partial charge >= 0.3 is 35.8 Å². The van der Waals surface area contributed by atoms with Crippen molar-refractivity contribution < 1.29 is 116 Å². The number of aliphatic hydroxyl groups excluding tert-OH is 6. The van der Waals surface area contributed by atoms with Gasteiger partial charge in [-0.2, -0.15) is 0 Å². The molecule has 1 aliphatic carbocycles. The first-order valence-corrected chi connectivity index (χ1v) is 44.9. The van der Waals surface area contributed by atoms with Crippen LogP contribution in [0.3, 0.4) is 0 Å². The predicted octanol–water partition coefficient (Wildman–Crippen LogP) is 16.5. The third-order valence-electron chi connectivity index (χ3n) is 22.0. The first-order chi connectivity index (χ1) is 61.1. The van der Waals surface area contributed by atoms with Crippen LogP contribution in [0.1, 0.15) is 266 Å². The van der Waals surface area contributed by atoms with Gasteiger partial charge < -0.3 is 87.5 Å². The normalized spacial score (nSPS) is 14.0. The summed E-state index contributed by atoms with van der Waals surface area (Å²) in [7, 11) is 0. The minimum Gasteiger partial charge on any atom is -0.490 e. The smallest absolute Gasteiger partial charge is 0.333 e. The van der Waals surface area contributed by atoms with Gasteiger partial charge in [0.25, 0.3) is 0 Å².